The van der Waals surface area contributed by atoms with E-state index in [1.807, 2.05) is 60.7 Å². The molecule has 5 aromatic carbocycles. The van der Waals surface area contributed by atoms with Crippen molar-refractivity contribution >= 4 is 77.0 Å². The zero-order valence-electron chi connectivity index (χ0n) is 22.9. The average Bonchev–Trinajstić information content (AvgIpc) is 3.05. The molecule has 0 spiro atoms. The molecule has 0 heterocycles. The van der Waals surface area contributed by atoms with E-state index in [0.29, 0.717) is 20.4 Å². The second-order valence-electron chi connectivity index (χ2n) is 9.36. The molecule has 5 rings (SSSR count). The van der Waals surface area contributed by atoms with Gasteiger partial charge in [-0.3, -0.25) is 40.9 Å². The standard InChI is InChI=1S/C32H24Br2N4O6/c33-29-23-10-3-1-6-19(23)12-14-25(29)43-17-27(39)35-37-31(41)21-8-5-9-22(16-21)32(42)38-36-28(40)18-44-26-15-13-20-7-2-4-11-24(20)30(26)34/h1-16H,17-18H2,(H,35,39)(H,36,40)(H,37,41)(H,38,42). The van der Waals surface area contributed by atoms with Gasteiger partial charge in [0.15, 0.2) is 13.2 Å². The van der Waals surface area contributed by atoms with Crippen molar-refractivity contribution in [2.45, 2.75) is 0 Å². The first-order valence-corrected chi connectivity index (χ1v) is 14.8. The van der Waals surface area contributed by atoms with Crippen LogP contribution in [-0.2, 0) is 9.59 Å². The lowest BCUT2D eigenvalue weighted by Crippen LogP contribution is -2.44. The molecule has 0 bridgehead atoms. The molecular formula is C32H24Br2N4O6. The van der Waals surface area contributed by atoms with Gasteiger partial charge >= 0.3 is 0 Å². The van der Waals surface area contributed by atoms with E-state index in [4.69, 9.17) is 9.47 Å². The van der Waals surface area contributed by atoms with Crippen LogP contribution in [0, 0.1) is 0 Å². The number of hydrogen-bond acceptors (Lipinski definition) is 6. The Labute approximate surface area is 268 Å². The average molecular weight is 720 g/mol. The highest BCUT2D eigenvalue weighted by Crippen LogP contribution is 2.34. The smallest absolute Gasteiger partial charge is 0.276 e. The largest absolute Gasteiger partial charge is 0.483 e. The van der Waals surface area contributed by atoms with Gasteiger partial charge in [-0.1, -0.05) is 66.7 Å². The Balaban J connectivity index is 1.08. The fourth-order valence-corrected chi connectivity index (χ4v) is 5.42. The van der Waals surface area contributed by atoms with E-state index in [1.165, 1.54) is 24.3 Å². The summed E-state index contributed by atoms with van der Waals surface area (Å²) in [6, 6.07) is 28.4. The maximum atomic E-state index is 12.6. The summed E-state index contributed by atoms with van der Waals surface area (Å²) in [7, 11) is 0. The zero-order chi connectivity index (χ0) is 31.1. The van der Waals surface area contributed by atoms with Crippen molar-refractivity contribution < 1.29 is 28.7 Å². The zero-order valence-corrected chi connectivity index (χ0v) is 26.0. The van der Waals surface area contributed by atoms with Crippen LogP contribution >= 0.6 is 31.9 Å². The van der Waals surface area contributed by atoms with Crippen LogP contribution in [0.5, 0.6) is 11.5 Å². The third-order valence-corrected chi connectivity index (χ3v) is 8.03. The van der Waals surface area contributed by atoms with E-state index in [-0.39, 0.29) is 24.3 Å². The SMILES string of the molecule is O=C(COc1ccc2ccccc2c1Br)NNC(=O)c1cccc(C(=O)NNC(=O)COc2ccc3ccccc3c2Br)c1. The Bertz CT molecular complexity index is 1770. The van der Waals surface area contributed by atoms with Crippen molar-refractivity contribution in [1.29, 1.82) is 0 Å². The number of hydrogen-bond donors (Lipinski definition) is 4. The summed E-state index contributed by atoms with van der Waals surface area (Å²) in [5.41, 5.74) is 9.36. The molecule has 4 N–H and O–H groups in total. The van der Waals surface area contributed by atoms with Gasteiger partial charge in [0.05, 0.1) is 8.95 Å². The Hall–Kier alpha value is -4.94. The van der Waals surface area contributed by atoms with Crippen LogP contribution in [0.3, 0.4) is 0 Å². The molecule has 0 saturated heterocycles. The van der Waals surface area contributed by atoms with Crippen LogP contribution in [0.2, 0.25) is 0 Å². The molecule has 0 unspecified atom stereocenters. The molecule has 5 aromatic rings. The number of rotatable bonds is 8. The third-order valence-electron chi connectivity index (χ3n) is 6.39. The summed E-state index contributed by atoms with van der Waals surface area (Å²) >= 11 is 7.00. The third kappa shape index (κ3) is 7.33. The molecule has 44 heavy (non-hydrogen) atoms. The summed E-state index contributed by atoms with van der Waals surface area (Å²) in [5.74, 6) is -1.54. The van der Waals surface area contributed by atoms with Crippen LogP contribution in [0.4, 0.5) is 0 Å². The van der Waals surface area contributed by atoms with Gasteiger partial charge < -0.3 is 9.47 Å². The van der Waals surface area contributed by atoms with Crippen LogP contribution in [0.25, 0.3) is 21.5 Å². The number of amides is 4. The Morgan fingerprint density at radius 2 is 0.955 bits per heavy atom. The molecule has 0 aromatic heterocycles. The van der Waals surface area contributed by atoms with E-state index >= 15 is 0 Å². The molecule has 0 radical (unpaired) electrons. The van der Waals surface area contributed by atoms with Crippen molar-refractivity contribution in [3.05, 3.63) is 117 Å². The predicted octanol–water partition coefficient (Wildman–Crippen LogP) is 5.20. The number of nitrogens with one attached hydrogen (secondary N) is 4. The van der Waals surface area contributed by atoms with E-state index in [9.17, 15) is 19.2 Å². The first-order chi connectivity index (χ1) is 21.3. The second kappa shape index (κ2) is 14.0. The van der Waals surface area contributed by atoms with Crippen molar-refractivity contribution in [3.63, 3.8) is 0 Å². The van der Waals surface area contributed by atoms with Gasteiger partial charge in [0.2, 0.25) is 0 Å². The van der Waals surface area contributed by atoms with Gasteiger partial charge in [-0.05, 0) is 83.7 Å². The highest BCUT2D eigenvalue weighted by Gasteiger charge is 2.14. The van der Waals surface area contributed by atoms with E-state index in [0.717, 1.165) is 21.5 Å². The van der Waals surface area contributed by atoms with Crippen molar-refractivity contribution in [1.82, 2.24) is 21.7 Å². The molecule has 0 aliphatic heterocycles. The summed E-state index contributed by atoms with van der Waals surface area (Å²) in [6.07, 6.45) is 0. The lowest BCUT2D eigenvalue weighted by Gasteiger charge is -2.12. The molecule has 0 aliphatic rings. The number of hydrazine groups is 2. The fourth-order valence-electron chi connectivity index (χ4n) is 4.21. The topological polar surface area (TPSA) is 135 Å². The maximum absolute atomic E-state index is 12.6. The summed E-state index contributed by atoms with van der Waals surface area (Å²) in [4.78, 5) is 49.8. The summed E-state index contributed by atoms with van der Waals surface area (Å²) < 4.78 is 12.6. The molecule has 10 nitrogen and oxygen atoms in total. The first-order valence-electron chi connectivity index (χ1n) is 13.2. The quantitative estimate of drug-likeness (QED) is 0.163. The molecule has 12 heteroatoms. The lowest BCUT2D eigenvalue weighted by atomic mass is 10.1. The Morgan fingerprint density at radius 3 is 1.41 bits per heavy atom. The monoisotopic (exact) mass is 718 g/mol. The van der Waals surface area contributed by atoms with Crippen LogP contribution in [-0.4, -0.2) is 36.8 Å². The Kier molecular flexibility index (Phi) is 9.72. The highest BCUT2D eigenvalue weighted by atomic mass is 79.9. The minimum absolute atomic E-state index is 0.104. The number of benzene rings is 5. The van der Waals surface area contributed by atoms with Crippen molar-refractivity contribution in [2.24, 2.45) is 0 Å². The highest BCUT2D eigenvalue weighted by molar-refractivity contribution is 9.11. The molecule has 222 valence electrons. The fraction of sp³-hybridized carbons (Fsp3) is 0.0625. The Morgan fingerprint density at radius 1 is 0.523 bits per heavy atom. The van der Waals surface area contributed by atoms with E-state index in [2.05, 4.69) is 53.6 Å². The number of ether oxygens (including phenoxy) is 2. The van der Waals surface area contributed by atoms with Crippen LogP contribution in [0.1, 0.15) is 20.7 Å². The maximum Gasteiger partial charge on any atom is 0.276 e. The van der Waals surface area contributed by atoms with Crippen molar-refractivity contribution in [3.8, 4) is 11.5 Å². The van der Waals surface area contributed by atoms with Gasteiger partial charge in [-0.2, -0.15) is 0 Å². The summed E-state index contributed by atoms with van der Waals surface area (Å²) in [6.45, 7) is -0.693. The molecule has 4 amide bonds. The van der Waals surface area contributed by atoms with Crippen LogP contribution < -0.4 is 31.2 Å². The van der Waals surface area contributed by atoms with Gasteiger partial charge in [-0.25, -0.2) is 0 Å². The van der Waals surface area contributed by atoms with Crippen LogP contribution in [0.15, 0.2) is 106 Å². The molecule has 0 aliphatic carbocycles. The minimum Gasteiger partial charge on any atom is -0.483 e. The summed E-state index contributed by atoms with van der Waals surface area (Å²) in [5, 5.41) is 3.90. The molecule has 0 atom stereocenters. The van der Waals surface area contributed by atoms with E-state index < -0.39 is 23.6 Å². The van der Waals surface area contributed by atoms with Gasteiger partial charge in [0.1, 0.15) is 11.5 Å². The number of carbonyl (C=O) groups is 4. The second-order valence-corrected chi connectivity index (χ2v) is 10.9. The van der Waals surface area contributed by atoms with E-state index in [1.54, 1.807) is 12.1 Å². The van der Waals surface area contributed by atoms with Gasteiger partial charge in [-0.15, -0.1) is 0 Å². The lowest BCUT2D eigenvalue weighted by molar-refractivity contribution is -0.124. The normalized spacial score (nSPS) is 10.6. The first kappa shape index (κ1) is 30.5. The van der Waals surface area contributed by atoms with Gasteiger partial charge in [0, 0.05) is 11.1 Å². The molecule has 0 fully saturated rings. The van der Waals surface area contributed by atoms with Crippen molar-refractivity contribution in [2.75, 3.05) is 13.2 Å². The minimum atomic E-state index is -0.654. The molecule has 0 saturated carbocycles. The molecular weight excluding hydrogens is 696 g/mol. The number of halogens is 2. The van der Waals surface area contributed by atoms with Gasteiger partial charge in [0.25, 0.3) is 23.6 Å². The predicted molar refractivity (Wildman–Crippen MR) is 172 cm³/mol. The number of fused-ring (bicyclic) bond motifs is 2. The number of carbonyl (C=O) groups excluding carboxylic acids is 4.